The van der Waals surface area contributed by atoms with Crippen LogP contribution in [0.25, 0.3) is 0 Å². The van der Waals surface area contributed by atoms with Gasteiger partial charge in [0.05, 0.1) is 6.61 Å². The van der Waals surface area contributed by atoms with Gasteiger partial charge in [0.1, 0.15) is 18.2 Å². The standard InChI is InChI=1S/C22H28N2O5/c1-22(2,3)29-21(27)24(28-16-18-12-8-5-9-13-18)20(26)19(15-25)23-14-17-10-6-4-7-11-17/h4-13,19,23,25H,14-16H2,1-3H3/t19-/m1/s1. The SMILES string of the molecule is CC(C)(C)OC(=O)N(OCc1ccccc1)C(=O)[C@@H](CO)NCc1ccccc1. The van der Waals surface area contributed by atoms with Gasteiger partial charge in [0.2, 0.25) is 0 Å². The number of hydroxylamine groups is 2. The zero-order chi connectivity index (χ0) is 21.3. The number of nitrogens with one attached hydrogen (secondary N) is 1. The summed E-state index contributed by atoms with van der Waals surface area (Å²) < 4.78 is 5.30. The number of carbonyl (C=O) groups is 2. The highest BCUT2D eigenvalue weighted by molar-refractivity contribution is 5.93. The summed E-state index contributed by atoms with van der Waals surface area (Å²) in [5, 5.41) is 13.2. The van der Waals surface area contributed by atoms with E-state index in [2.05, 4.69) is 5.32 Å². The second-order valence-corrected chi connectivity index (χ2v) is 7.47. The van der Waals surface area contributed by atoms with Gasteiger partial charge in [-0.25, -0.2) is 4.79 Å². The predicted octanol–water partition coefficient (Wildman–Crippen LogP) is 3.03. The quantitative estimate of drug-likeness (QED) is 0.662. The van der Waals surface area contributed by atoms with Gasteiger partial charge in [-0.05, 0) is 31.9 Å². The number of hydrogen-bond acceptors (Lipinski definition) is 6. The molecule has 0 spiro atoms. The number of benzene rings is 2. The smallest absolute Gasteiger partial charge is 0.442 e. The van der Waals surface area contributed by atoms with Gasteiger partial charge in [-0.1, -0.05) is 60.7 Å². The van der Waals surface area contributed by atoms with Crippen LogP contribution in [0.2, 0.25) is 0 Å². The third-order valence-electron chi connectivity index (χ3n) is 3.84. The van der Waals surface area contributed by atoms with E-state index in [1.54, 1.807) is 20.8 Å². The average molecular weight is 400 g/mol. The highest BCUT2D eigenvalue weighted by Crippen LogP contribution is 2.13. The van der Waals surface area contributed by atoms with Crippen molar-refractivity contribution in [2.24, 2.45) is 0 Å². The molecular weight excluding hydrogens is 372 g/mol. The molecule has 0 radical (unpaired) electrons. The summed E-state index contributed by atoms with van der Waals surface area (Å²) in [7, 11) is 0. The lowest BCUT2D eigenvalue weighted by atomic mass is 10.2. The molecule has 0 heterocycles. The lowest BCUT2D eigenvalue weighted by Gasteiger charge is -2.27. The monoisotopic (exact) mass is 400 g/mol. The summed E-state index contributed by atoms with van der Waals surface area (Å²) in [6.07, 6.45) is -0.932. The number of aliphatic hydroxyl groups is 1. The minimum Gasteiger partial charge on any atom is -0.442 e. The van der Waals surface area contributed by atoms with Crippen LogP contribution in [0.5, 0.6) is 0 Å². The number of aliphatic hydroxyl groups excluding tert-OH is 1. The van der Waals surface area contributed by atoms with Crippen molar-refractivity contribution in [3.8, 4) is 0 Å². The molecule has 7 heteroatoms. The first-order chi connectivity index (χ1) is 13.8. The van der Waals surface area contributed by atoms with Gasteiger partial charge < -0.3 is 9.84 Å². The Morgan fingerprint density at radius 2 is 1.55 bits per heavy atom. The fourth-order valence-corrected chi connectivity index (χ4v) is 2.43. The van der Waals surface area contributed by atoms with Crippen LogP contribution in [0.1, 0.15) is 31.9 Å². The Balaban J connectivity index is 2.10. The molecule has 2 aromatic carbocycles. The normalized spacial score (nSPS) is 12.3. The van der Waals surface area contributed by atoms with Gasteiger partial charge in [0.25, 0.3) is 5.91 Å². The fraction of sp³-hybridized carbons (Fsp3) is 0.364. The van der Waals surface area contributed by atoms with Crippen LogP contribution >= 0.6 is 0 Å². The number of ether oxygens (including phenoxy) is 1. The number of nitrogens with zero attached hydrogens (tertiary/aromatic N) is 1. The van der Waals surface area contributed by atoms with Crippen LogP contribution in [0.4, 0.5) is 4.79 Å². The molecule has 0 unspecified atom stereocenters. The Morgan fingerprint density at radius 3 is 2.07 bits per heavy atom. The second-order valence-electron chi connectivity index (χ2n) is 7.47. The van der Waals surface area contributed by atoms with Crippen molar-refractivity contribution >= 4 is 12.0 Å². The van der Waals surface area contributed by atoms with Crippen molar-refractivity contribution in [2.75, 3.05) is 6.61 Å². The Bertz CT molecular complexity index is 775. The van der Waals surface area contributed by atoms with E-state index in [9.17, 15) is 14.7 Å². The summed E-state index contributed by atoms with van der Waals surface area (Å²) in [4.78, 5) is 31.0. The summed E-state index contributed by atoms with van der Waals surface area (Å²) in [5.41, 5.74) is 0.914. The molecule has 0 saturated heterocycles. The van der Waals surface area contributed by atoms with E-state index in [0.29, 0.717) is 11.6 Å². The Labute approximate surface area is 171 Å². The molecule has 7 nitrogen and oxygen atoms in total. The van der Waals surface area contributed by atoms with Crippen LogP contribution in [0.3, 0.4) is 0 Å². The van der Waals surface area contributed by atoms with Crippen LogP contribution in [0, 0.1) is 0 Å². The molecule has 0 aliphatic rings. The molecule has 2 amide bonds. The summed E-state index contributed by atoms with van der Waals surface area (Å²) in [5.74, 6) is -0.728. The maximum absolute atomic E-state index is 12.9. The van der Waals surface area contributed by atoms with Gasteiger partial charge in [-0.15, -0.1) is 5.06 Å². The average Bonchev–Trinajstić information content (AvgIpc) is 2.69. The maximum atomic E-state index is 12.9. The summed E-state index contributed by atoms with van der Waals surface area (Å²) in [6, 6.07) is 17.5. The lowest BCUT2D eigenvalue weighted by molar-refractivity contribution is -0.185. The molecule has 0 bridgehead atoms. The minimum atomic E-state index is -1.03. The second kappa shape index (κ2) is 10.7. The highest BCUT2D eigenvalue weighted by atomic mass is 16.7. The number of rotatable bonds is 8. The molecule has 1 atom stereocenters. The summed E-state index contributed by atoms with van der Waals surface area (Å²) in [6.45, 7) is 4.94. The van der Waals surface area contributed by atoms with Gasteiger partial charge >= 0.3 is 6.09 Å². The number of imide groups is 1. The van der Waals surface area contributed by atoms with Crippen molar-refractivity contribution in [3.63, 3.8) is 0 Å². The zero-order valence-corrected chi connectivity index (χ0v) is 17.0. The van der Waals surface area contributed by atoms with Crippen LogP contribution < -0.4 is 5.32 Å². The van der Waals surface area contributed by atoms with E-state index in [0.717, 1.165) is 11.1 Å². The third-order valence-corrected chi connectivity index (χ3v) is 3.84. The minimum absolute atomic E-state index is 0.00264. The maximum Gasteiger partial charge on any atom is 0.442 e. The van der Waals surface area contributed by atoms with Gasteiger partial charge in [0.15, 0.2) is 0 Å². The topological polar surface area (TPSA) is 88.1 Å². The Hall–Kier alpha value is -2.74. The van der Waals surface area contributed by atoms with E-state index in [1.807, 2.05) is 60.7 Å². The van der Waals surface area contributed by atoms with Crippen LogP contribution in [-0.4, -0.2) is 40.4 Å². The van der Waals surface area contributed by atoms with Gasteiger partial charge in [-0.2, -0.15) is 0 Å². The Kier molecular flexibility index (Phi) is 8.33. The van der Waals surface area contributed by atoms with E-state index < -0.39 is 30.3 Å². The molecule has 29 heavy (non-hydrogen) atoms. The molecule has 2 N–H and O–H groups in total. The lowest BCUT2D eigenvalue weighted by Crippen LogP contribution is -2.51. The Morgan fingerprint density at radius 1 is 1.00 bits per heavy atom. The molecule has 0 saturated carbocycles. The third kappa shape index (κ3) is 7.65. The number of hydrogen-bond donors (Lipinski definition) is 2. The van der Waals surface area contributed by atoms with E-state index in [1.165, 1.54) is 0 Å². The van der Waals surface area contributed by atoms with Crippen molar-refractivity contribution in [1.82, 2.24) is 10.4 Å². The highest BCUT2D eigenvalue weighted by Gasteiger charge is 2.33. The predicted molar refractivity (Wildman–Crippen MR) is 108 cm³/mol. The molecular formula is C22H28N2O5. The van der Waals surface area contributed by atoms with Crippen molar-refractivity contribution in [3.05, 3.63) is 71.8 Å². The van der Waals surface area contributed by atoms with Crippen molar-refractivity contribution in [1.29, 1.82) is 0 Å². The first kappa shape index (κ1) is 22.5. The molecule has 156 valence electrons. The number of carbonyl (C=O) groups excluding carboxylic acids is 2. The number of amides is 2. The molecule has 0 aliphatic heterocycles. The zero-order valence-electron chi connectivity index (χ0n) is 17.0. The van der Waals surface area contributed by atoms with Gasteiger partial charge in [0, 0.05) is 6.54 Å². The van der Waals surface area contributed by atoms with Crippen molar-refractivity contribution in [2.45, 2.75) is 45.6 Å². The largest absolute Gasteiger partial charge is 0.442 e. The first-order valence-electron chi connectivity index (χ1n) is 9.42. The molecule has 2 aromatic rings. The van der Waals surface area contributed by atoms with Crippen LogP contribution in [0.15, 0.2) is 60.7 Å². The van der Waals surface area contributed by atoms with Crippen LogP contribution in [-0.2, 0) is 27.5 Å². The fourth-order valence-electron chi connectivity index (χ4n) is 2.43. The molecule has 0 aliphatic carbocycles. The van der Waals surface area contributed by atoms with E-state index in [4.69, 9.17) is 9.57 Å². The van der Waals surface area contributed by atoms with E-state index in [-0.39, 0.29) is 6.61 Å². The first-order valence-corrected chi connectivity index (χ1v) is 9.42. The summed E-state index contributed by atoms with van der Waals surface area (Å²) >= 11 is 0. The molecule has 0 fully saturated rings. The molecule has 0 aromatic heterocycles. The van der Waals surface area contributed by atoms with Crippen molar-refractivity contribution < 1.29 is 24.3 Å². The molecule has 2 rings (SSSR count). The van der Waals surface area contributed by atoms with Gasteiger partial charge in [-0.3, -0.25) is 14.9 Å². The van der Waals surface area contributed by atoms with E-state index >= 15 is 0 Å².